The Morgan fingerprint density at radius 1 is 1.27 bits per heavy atom. The highest BCUT2D eigenvalue weighted by Crippen LogP contribution is 2.13. The number of nitrogens with zero attached hydrogens (tertiary/aromatic N) is 2. The van der Waals surface area contributed by atoms with Crippen LogP contribution in [0.1, 0.15) is 19.8 Å². The van der Waals surface area contributed by atoms with E-state index in [9.17, 15) is 14.4 Å². The summed E-state index contributed by atoms with van der Waals surface area (Å²) in [4.78, 5) is 36.6. The van der Waals surface area contributed by atoms with E-state index in [0.717, 1.165) is 0 Å². The van der Waals surface area contributed by atoms with E-state index in [-0.39, 0.29) is 30.4 Å². The van der Waals surface area contributed by atoms with Crippen molar-refractivity contribution in [3.63, 3.8) is 0 Å². The zero-order valence-electron chi connectivity index (χ0n) is 12.4. The van der Waals surface area contributed by atoms with Gasteiger partial charge in [0.15, 0.2) is 6.10 Å². The number of rotatable bonds is 4. The third kappa shape index (κ3) is 3.69. The molecule has 0 aromatic heterocycles. The molecule has 1 aromatic carbocycles. The highest BCUT2D eigenvalue weighted by atomic mass is 16.5. The Kier molecular flexibility index (Phi) is 4.88. The summed E-state index contributed by atoms with van der Waals surface area (Å²) in [5.74, 6) is -1.29. The predicted molar refractivity (Wildman–Crippen MR) is 80.2 cm³/mol. The molecule has 0 bridgehead atoms. The topological polar surface area (TPSA) is 88.1 Å². The first-order valence-electron chi connectivity index (χ1n) is 6.88. The van der Waals surface area contributed by atoms with Crippen LogP contribution in [0, 0.1) is 0 Å². The van der Waals surface area contributed by atoms with E-state index < -0.39 is 12.1 Å². The van der Waals surface area contributed by atoms with E-state index >= 15 is 0 Å². The lowest BCUT2D eigenvalue weighted by Gasteiger charge is -2.22. The van der Waals surface area contributed by atoms with Crippen LogP contribution in [-0.4, -0.2) is 36.6 Å². The molecule has 0 saturated heterocycles. The predicted octanol–water partition coefficient (Wildman–Crippen LogP) is 0.847. The van der Waals surface area contributed by atoms with Crippen LogP contribution in [0.5, 0.6) is 0 Å². The van der Waals surface area contributed by atoms with Crippen molar-refractivity contribution in [2.45, 2.75) is 25.9 Å². The maximum atomic E-state index is 12.3. The molecule has 0 aliphatic carbocycles. The number of hydrazone groups is 1. The quantitative estimate of drug-likeness (QED) is 0.835. The molecule has 0 fully saturated rings. The highest BCUT2D eigenvalue weighted by Gasteiger charge is 2.26. The SMILES string of the molecule is C[C@@H](OC(=O)C1=NNC(=O)CC1)C(=O)N(C)c1ccccc1. The third-order valence-electron chi connectivity index (χ3n) is 3.25. The van der Waals surface area contributed by atoms with Gasteiger partial charge in [-0.05, 0) is 19.1 Å². The first-order valence-corrected chi connectivity index (χ1v) is 6.88. The van der Waals surface area contributed by atoms with Gasteiger partial charge in [0.1, 0.15) is 5.71 Å². The molecule has 0 radical (unpaired) electrons. The smallest absolute Gasteiger partial charge is 0.355 e. The van der Waals surface area contributed by atoms with Crippen molar-refractivity contribution in [2.75, 3.05) is 11.9 Å². The monoisotopic (exact) mass is 303 g/mol. The van der Waals surface area contributed by atoms with Crippen molar-refractivity contribution in [2.24, 2.45) is 5.10 Å². The average molecular weight is 303 g/mol. The van der Waals surface area contributed by atoms with Gasteiger partial charge in [0.25, 0.3) is 5.91 Å². The van der Waals surface area contributed by atoms with E-state index in [2.05, 4.69) is 10.5 Å². The Morgan fingerprint density at radius 3 is 2.55 bits per heavy atom. The van der Waals surface area contributed by atoms with Crippen molar-refractivity contribution >= 4 is 29.2 Å². The van der Waals surface area contributed by atoms with Crippen LogP contribution in [0.4, 0.5) is 5.69 Å². The lowest BCUT2D eigenvalue weighted by molar-refractivity contribution is -0.147. The Morgan fingerprint density at radius 2 is 1.95 bits per heavy atom. The van der Waals surface area contributed by atoms with Gasteiger partial charge in [-0.3, -0.25) is 9.59 Å². The number of amides is 2. The zero-order valence-corrected chi connectivity index (χ0v) is 12.4. The fourth-order valence-corrected chi connectivity index (χ4v) is 1.95. The first kappa shape index (κ1) is 15.7. The average Bonchev–Trinajstić information content (AvgIpc) is 2.54. The number of carbonyl (C=O) groups is 3. The maximum absolute atomic E-state index is 12.3. The second-order valence-corrected chi connectivity index (χ2v) is 4.87. The summed E-state index contributed by atoms with van der Waals surface area (Å²) in [6.45, 7) is 1.50. The summed E-state index contributed by atoms with van der Waals surface area (Å²) < 4.78 is 5.12. The molecular formula is C15H17N3O4. The summed E-state index contributed by atoms with van der Waals surface area (Å²) in [6, 6.07) is 9.05. The van der Waals surface area contributed by atoms with E-state index in [1.54, 1.807) is 19.2 Å². The minimum absolute atomic E-state index is 0.113. The van der Waals surface area contributed by atoms with Crippen LogP contribution in [0.3, 0.4) is 0 Å². The standard InChI is InChI=1S/C15H17N3O4/c1-10(14(20)18(2)11-6-4-3-5-7-11)22-15(21)12-8-9-13(19)17-16-12/h3-7,10H,8-9H2,1-2H3,(H,17,19)/t10-/m1/s1. The Hall–Kier alpha value is -2.70. The van der Waals surface area contributed by atoms with Gasteiger partial charge in [-0.25, -0.2) is 10.2 Å². The molecule has 0 unspecified atom stereocenters. The Bertz CT molecular complexity index is 612. The summed E-state index contributed by atoms with van der Waals surface area (Å²) in [5, 5.41) is 3.64. The fourth-order valence-electron chi connectivity index (χ4n) is 1.95. The molecule has 1 N–H and O–H groups in total. The minimum atomic E-state index is -0.946. The van der Waals surface area contributed by atoms with Crippen LogP contribution in [0.2, 0.25) is 0 Å². The van der Waals surface area contributed by atoms with Gasteiger partial charge in [-0.1, -0.05) is 18.2 Å². The molecular weight excluding hydrogens is 286 g/mol. The maximum Gasteiger partial charge on any atom is 0.355 e. The Balaban J connectivity index is 1.96. The number of esters is 1. The number of para-hydroxylation sites is 1. The van der Waals surface area contributed by atoms with E-state index in [1.165, 1.54) is 11.8 Å². The summed E-state index contributed by atoms with van der Waals surface area (Å²) in [5.41, 5.74) is 3.04. The molecule has 1 aliphatic heterocycles. The van der Waals surface area contributed by atoms with Gasteiger partial charge in [0.2, 0.25) is 5.91 Å². The fraction of sp³-hybridized carbons (Fsp3) is 0.333. The molecule has 2 amide bonds. The molecule has 2 rings (SSSR count). The van der Waals surface area contributed by atoms with Crippen LogP contribution in [0.15, 0.2) is 35.4 Å². The number of carbonyl (C=O) groups excluding carboxylic acids is 3. The number of hydrogen-bond acceptors (Lipinski definition) is 5. The van der Waals surface area contributed by atoms with Gasteiger partial charge < -0.3 is 9.64 Å². The minimum Gasteiger partial charge on any atom is -0.448 e. The van der Waals surface area contributed by atoms with Gasteiger partial charge in [-0.15, -0.1) is 0 Å². The number of ether oxygens (including phenoxy) is 1. The van der Waals surface area contributed by atoms with Crippen molar-refractivity contribution < 1.29 is 19.1 Å². The molecule has 0 spiro atoms. The molecule has 22 heavy (non-hydrogen) atoms. The third-order valence-corrected chi connectivity index (χ3v) is 3.25. The second-order valence-electron chi connectivity index (χ2n) is 4.87. The van der Waals surface area contributed by atoms with Crippen LogP contribution < -0.4 is 10.3 Å². The van der Waals surface area contributed by atoms with E-state index in [0.29, 0.717) is 5.69 Å². The molecule has 116 valence electrons. The highest BCUT2D eigenvalue weighted by molar-refractivity contribution is 6.37. The summed E-state index contributed by atoms with van der Waals surface area (Å²) >= 11 is 0. The molecule has 0 saturated carbocycles. The number of benzene rings is 1. The molecule has 1 aromatic rings. The second kappa shape index (κ2) is 6.84. The van der Waals surface area contributed by atoms with E-state index in [4.69, 9.17) is 4.74 Å². The summed E-state index contributed by atoms with van der Waals surface area (Å²) in [6.07, 6.45) is -0.557. The van der Waals surface area contributed by atoms with Gasteiger partial charge in [0, 0.05) is 25.6 Å². The van der Waals surface area contributed by atoms with Crippen molar-refractivity contribution in [1.29, 1.82) is 0 Å². The number of nitrogens with one attached hydrogen (secondary N) is 1. The first-order chi connectivity index (χ1) is 10.5. The number of hydrogen-bond donors (Lipinski definition) is 1. The largest absolute Gasteiger partial charge is 0.448 e. The van der Waals surface area contributed by atoms with Crippen molar-refractivity contribution in [1.82, 2.24) is 5.43 Å². The van der Waals surface area contributed by atoms with E-state index in [1.807, 2.05) is 18.2 Å². The molecule has 1 atom stereocenters. The lowest BCUT2D eigenvalue weighted by atomic mass is 10.2. The van der Waals surface area contributed by atoms with Gasteiger partial charge in [-0.2, -0.15) is 5.10 Å². The molecule has 1 heterocycles. The van der Waals surface area contributed by atoms with Gasteiger partial charge in [0.05, 0.1) is 0 Å². The zero-order chi connectivity index (χ0) is 16.1. The summed E-state index contributed by atoms with van der Waals surface area (Å²) in [7, 11) is 1.61. The normalized spacial score (nSPS) is 15.4. The van der Waals surface area contributed by atoms with Crippen LogP contribution in [0.25, 0.3) is 0 Å². The van der Waals surface area contributed by atoms with Crippen molar-refractivity contribution in [3.8, 4) is 0 Å². The molecule has 7 heteroatoms. The lowest BCUT2D eigenvalue weighted by Crippen LogP contribution is -2.39. The molecule has 1 aliphatic rings. The molecule has 7 nitrogen and oxygen atoms in total. The number of anilines is 1. The van der Waals surface area contributed by atoms with Gasteiger partial charge >= 0.3 is 5.97 Å². The van der Waals surface area contributed by atoms with Crippen LogP contribution >= 0.6 is 0 Å². The van der Waals surface area contributed by atoms with Crippen molar-refractivity contribution in [3.05, 3.63) is 30.3 Å². The Labute approximate surface area is 127 Å². The van der Waals surface area contributed by atoms with Crippen LogP contribution in [-0.2, 0) is 19.1 Å². The number of likely N-dealkylation sites (N-methyl/N-ethyl adjacent to an activating group) is 1.